The molecule has 1 aromatic heterocycles. The van der Waals surface area contributed by atoms with E-state index in [2.05, 4.69) is 5.32 Å². The number of nitrogens with one attached hydrogen (secondary N) is 1. The van der Waals surface area contributed by atoms with E-state index in [0.29, 0.717) is 11.0 Å². The van der Waals surface area contributed by atoms with Gasteiger partial charge in [0.25, 0.3) is 5.91 Å². The largest absolute Gasteiger partial charge is 0.481 e. The highest BCUT2D eigenvalue weighted by atomic mass is 16.4. The van der Waals surface area contributed by atoms with Gasteiger partial charge in [0.2, 0.25) is 0 Å². The summed E-state index contributed by atoms with van der Waals surface area (Å²) >= 11 is 0. The summed E-state index contributed by atoms with van der Waals surface area (Å²) < 4.78 is 5.08. The van der Waals surface area contributed by atoms with Gasteiger partial charge in [-0.15, -0.1) is 0 Å². The van der Waals surface area contributed by atoms with Gasteiger partial charge in [-0.2, -0.15) is 0 Å². The van der Waals surface area contributed by atoms with E-state index in [1.54, 1.807) is 38.1 Å². The van der Waals surface area contributed by atoms with E-state index in [0.717, 1.165) is 0 Å². The van der Waals surface area contributed by atoms with E-state index in [1.165, 1.54) is 6.07 Å². The molecule has 0 spiro atoms. The zero-order chi connectivity index (χ0) is 15.6. The quantitative estimate of drug-likeness (QED) is 0.836. The second kappa shape index (κ2) is 5.40. The summed E-state index contributed by atoms with van der Waals surface area (Å²) in [5.74, 6) is -1.69. The highest BCUT2D eigenvalue weighted by Crippen LogP contribution is 2.14. The zero-order valence-corrected chi connectivity index (χ0v) is 11.7. The van der Waals surface area contributed by atoms with Crippen molar-refractivity contribution in [1.82, 2.24) is 5.32 Å². The molecular weight excluding hydrogens is 274 g/mol. The van der Waals surface area contributed by atoms with Crippen molar-refractivity contribution in [2.45, 2.75) is 25.8 Å². The van der Waals surface area contributed by atoms with Gasteiger partial charge >= 0.3 is 11.6 Å². The minimum absolute atomic E-state index is 0.146. The molecule has 6 heteroatoms. The van der Waals surface area contributed by atoms with Crippen molar-refractivity contribution in [1.29, 1.82) is 0 Å². The number of benzene rings is 1. The minimum atomic E-state index is -1.04. The SMILES string of the molecule is CC(C)(CC(=O)O)NC(=O)c1cc2ccccc2oc1=O. The number of hydrogen-bond acceptors (Lipinski definition) is 4. The van der Waals surface area contributed by atoms with Crippen LogP contribution in [-0.4, -0.2) is 22.5 Å². The molecule has 6 nitrogen and oxygen atoms in total. The molecule has 0 aliphatic rings. The van der Waals surface area contributed by atoms with E-state index in [-0.39, 0.29) is 12.0 Å². The summed E-state index contributed by atoms with van der Waals surface area (Å²) in [5.41, 5.74) is -1.48. The van der Waals surface area contributed by atoms with Gasteiger partial charge in [0.15, 0.2) is 0 Å². The average molecular weight is 289 g/mol. The van der Waals surface area contributed by atoms with Crippen LogP contribution in [0.1, 0.15) is 30.6 Å². The molecule has 1 heterocycles. The number of para-hydroxylation sites is 1. The Balaban J connectivity index is 2.33. The van der Waals surface area contributed by atoms with Gasteiger partial charge in [0.05, 0.1) is 6.42 Å². The van der Waals surface area contributed by atoms with Crippen LogP contribution in [0.2, 0.25) is 0 Å². The van der Waals surface area contributed by atoms with Gasteiger partial charge in [0.1, 0.15) is 11.1 Å². The van der Waals surface area contributed by atoms with Crippen molar-refractivity contribution < 1.29 is 19.1 Å². The Morgan fingerprint density at radius 3 is 2.62 bits per heavy atom. The van der Waals surface area contributed by atoms with Crippen molar-refractivity contribution >= 4 is 22.8 Å². The maximum Gasteiger partial charge on any atom is 0.349 e. The van der Waals surface area contributed by atoms with E-state index in [9.17, 15) is 14.4 Å². The summed E-state index contributed by atoms with van der Waals surface area (Å²) in [5, 5.41) is 12.0. The van der Waals surface area contributed by atoms with Gasteiger partial charge in [-0.25, -0.2) is 4.79 Å². The molecule has 2 aromatic rings. The molecule has 0 unspecified atom stereocenters. The number of carbonyl (C=O) groups excluding carboxylic acids is 1. The normalized spacial score (nSPS) is 11.3. The first-order chi connectivity index (χ1) is 9.78. The van der Waals surface area contributed by atoms with Crippen molar-refractivity contribution in [2.24, 2.45) is 0 Å². The van der Waals surface area contributed by atoms with Crippen LogP contribution >= 0.6 is 0 Å². The third kappa shape index (κ3) is 3.47. The van der Waals surface area contributed by atoms with Crippen molar-refractivity contribution in [2.75, 3.05) is 0 Å². The molecule has 21 heavy (non-hydrogen) atoms. The number of amides is 1. The first kappa shape index (κ1) is 14.8. The lowest BCUT2D eigenvalue weighted by atomic mass is 10.00. The van der Waals surface area contributed by atoms with Crippen LogP contribution in [0.25, 0.3) is 11.0 Å². The number of carboxylic acid groups (broad SMARTS) is 1. The van der Waals surface area contributed by atoms with Gasteiger partial charge < -0.3 is 14.8 Å². The van der Waals surface area contributed by atoms with Crippen LogP contribution in [0.15, 0.2) is 39.5 Å². The Morgan fingerprint density at radius 1 is 1.29 bits per heavy atom. The molecule has 0 saturated heterocycles. The molecule has 0 fully saturated rings. The number of carboxylic acids is 1. The molecular formula is C15H15NO5. The molecule has 0 aliphatic heterocycles. The first-order valence-electron chi connectivity index (χ1n) is 6.36. The Hall–Kier alpha value is -2.63. The lowest BCUT2D eigenvalue weighted by Gasteiger charge is -2.23. The van der Waals surface area contributed by atoms with Crippen LogP contribution in [0.5, 0.6) is 0 Å². The Bertz CT molecular complexity index is 760. The molecule has 1 amide bonds. The fourth-order valence-corrected chi connectivity index (χ4v) is 2.02. The molecule has 0 atom stereocenters. The van der Waals surface area contributed by atoms with Gasteiger partial charge in [-0.3, -0.25) is 9.59 Å². The van der Waals surface area contributed by atoms with E-state index in [1.807, 2.05) is 0 Å². The average Bonchev–Trinajstić information content (AvgIpc) is 2.35. The molecule has 0 bridgehead atoms. The molecule has 0 radical (unpaired) electrons. The lowest BCUT2D eigenvalue weighted by molar-refractivity contribution is -0.138. The highest BCUT2D eigenvalue weighted by molar-refractivity contribution is 5.97. The summed E-state index contributed by atoms with van der Waals surface area (Å²) in [4.78, 5) is 34.7. The van der Waals surface area contributed by atoms with Crippen LogP contribution in [0, 0.1) is 0 Å². The Labute approximate surface area is 120 Å². The summed E-state index contributed by atoms with van der Waals surface area (Å²) in [7, 11) is 0. The zero-order valence-electron chi connectivity index (χ0n) is 11.7. The third-order valence-electron chi connectivity index (χ3n) is 2.93. The Kier molecular flexibility index (Phi) is 3.80. The molecule has 1 aromatic carbocycles. The fourth-order valence-electron chi connectivity index (χ4n) is 2.02. The standard InChI is InChI=1S/C15H15NO5/c1-15(2,8-12(17)18)16-13(19)10-7-9-5-3-4-6-11(9)21-14(10)20/h3-7H,8H2,1-2H3,(H,16,19)(H,17,18). The van der Waals surface area contributed by atoms with Crippen molar-refractivity contribution in [3.8, 4) is 0 Å². The van der Waals surface area contributed by atoms with Crippen LogP contribution in [0.4, 0.5) is 0 Å². The first-order valence-corrected chi connectivity index (χ1v) is 6.36. The molecule has 0 aliphatic carbocycles. The number of carbonyl (C=O) groups is 2. The number of fused-ring (bicyclic) bond motifs is 1. The fraction of sp³-hybridized carbons (Fsp3) is 0.267. The molecule has 2 N–H and O–H groups in total. The van der Waals surface area contributed by atoms with Crippen molar-refractivity contribution in [3.05, 3.63) is 46.3 Å². The molecule has 110 valence electrons. The predicted molar refractivity (Wildman–Crippen MR) is 76.3 cm³/mol. The second-order valence-electron chi connectivity index (χ2n) is 5.39. The third-order valence-corrected chi connectivity index (χ3v) is 2.93. The van der Waals surface area contributed by atoms with Crippen LogP contribution in [-0.2, 0) is 4.79 Å². The van der Waals surface area contributed by atoms with Gasteiger partial charge in [0, 0.05) is 10.9 Å². The highest BCUT2D eigenvalue weighted by Gasteiger charge is 2.26. The monoisotopic (exact) mass is 289 g/mol. The molecule has 2 rings (SSSR count). The second-order valence-corrected chi connectivity index (χ2v) is 5.39. The maximum absolute atomic E-state index is 12.1. The van der Waals surface area contributed by atoms with Gasteiger partial charge in [-0.1, -0.05) is 18.2 Å². The Morgan fingerprint density at radius 2 is 1.95 bits per heavy atom. The predicted octanol–water partition coefficient (Wildman–Crippen LogP) is 1.78. The topological polar surface area (TPSA) is 96.6 Å². The summed E-state index contributed by atoms with van der Waals surface area (Å²) in [6.07, 6.45) is -0.252. The number of rotatable bonds is 4. The number of hydrogen-bond donors (Lipinski definition) is 2. The van der Waals surface area contributed by atoms with E-state index < -0.39 is 23.0 Å². The van der Waals surface area contributed by atoms with Crippen molar-refractivity contribution in [3.63, 3.8) is 0 Å². The van der Waals surface area contributed by atoms with E-state index in [4.69, 9.17) is 9.52 Å². The van der Waals surface area contributed by atoms with E-state index >= 15 is 0 Å². The van der Waals surface area contributed by atoms with Gasteiger partial charge in [-0.05, 0) is 26.0 Å². The lowest BCUT2D eigenvalue weighted by Crippen LogP contribution is -2.46. The van der Waals surface area contributed by atoms with Crippen LogP contribution in [0.3, 0.4) is 0 Å². The minimum Gasteiger partial charge on any atom is -0.481 e. The number of aliphatic carboxylic acids is 1. The molecule has 0 saturated carbocycles. The smallest absolute Gasteiger partial charge is 0.349 e. The maximum atomic E-state index is 12.1. The summed E-state index contributed by atoms with van der Waals surface area (Å²) in [6, 6.07) is 8.27. The van der Waals surface area contributed by atoms with Crippen LogP contribution < -0.4 is 10.9 Å². The summed E-state index contributed by atoms with van der Waals surface area (Å²) in [6.45, 7) is 3.14.